The highest BCUT2D eigenvalue weighted by molar-refractivity contribution is 5.72. The van der Waals surface area contributed by atoms with E-state index in [1.807, 2.05) is 0 Å². The minimum atomic E-state index is -0.499. The highest BCUT2D eigenvalue weighted by Crippen LogP contribution is 2.16. The van der Waals surface area contributed by atoms with Crippen LogP contribution in [0.15, 0.2) is 18.2 Å². The molecule has 1 rings (SSSR count). The van der Waals surface area contributed by atoms with Crippen LogP contribution in [0.4, 0.5) is 4.39 Å². The summed E-state index contributed by atoms with van der Waals surface area (Å²) in [6, 6.07) is 3.66. The van der Waals surface area contributed by atoms with Gasteiger partial charge in [0, 0.05) is 26.0 Å². The molecule has 0 heterocycles. The van der Waals surface area contributed by atoms with Gasteiger partial charge in [-0.1, -0.05) is 11.8 Å². The molecule has 84 valence electrons. The molecule has 0 aliphatic heterocycles. The molecule has 0 atom stereocenters. The van der Waals surface area contributed by atoms with Gasteiger partial charge in [0.05, 0.1) is 5.56 Å². The zero-order valence-electron chi connectivity index (χ0n) is 8.88. The van der Waals surface area contributed by atoms with E-state index in [1.165, 1.54) is 19.1 Å². The summed E-state index contributed by atoms with van der Waals surface area (Å²) in [4.78, 5) is 10.5. The van der Waals surface area contributed by atoms with Gasteiger partial charge in [-0.15, -0.1) is 0 Å². The molecule has 1 aromatic rings. The van der Waals surface area contributed by atoms with E-state index in [0.717, 1.165) is 6.07 Å². The number of halogens is 1. The normalized spacial score (nSPS) is 9.12. The van der Waals surface area contributed by atoms with Gasteiger partial charge in [0.2, 0.25) is 5.91 Å². The summed E-state index contributed by atoms with van der Waals surface area (Å²) in [5.74, 6) is 4.69. The molecule has 0 saturated heterocycles. The Morgan fingerprint density at radius 2 is 2.31 bits per heavy atom. The third-order valence-corrected chi connectivity index (χ3v) is 1.81. The SMILES string of the molecule is CC(=O)NCCC#Cc1ccc(F)cc1O. The van der Waals surface area contributed by atoms with E-state index in [0.29, 0.717) is 18.5 Å². The van der Waals surface area contributed by atoms with Gasteiger partial charge in [0.15, 0.2) is 0 Å². The Labute approximate surface area is 93.3 Å². The lowest BCUT2D eigenvalue weighted by molar-refractivity contribution is -0.118. The molecule has 1 amide bonds. The largest absolute Gasteiger partial charge is 0.507 e. The van der Waals surface area contributed by atoms with E-state index in [-0.39, 0.29) is 11.7 Å². The summed E-state index contributed by atoms with van der Waals surface area (Å²) in [6.45, 7) is 1.89. The Hall–Kier alpha value is -2.02. The quantitative estimate of drug-likeness (QED) is 0.586. The van der Waals surface area contributed by atoms with Crippen molar-refractivity contribution in [2.45, 2.75) is 13.3 Å². The lowest BCUT2D eigenvalue weighted by Crippen LogP contribution is -2.20. The van der Waals surface area contributed by atoms with E-state index >= 15 is 0 Å². The summed E-state index contributed by atoms with van der Waals surface area (Å²) in [7, 11) is 0. The fourth-order valence-corrected chi connectivity index (χ4v) is 1.07. The minimum Gasteiger partial charge on any atom is -0.507 e. The first-order valence-electron chi connectivity index (χ1n) is 4.81. The summed E-state index contributed by atoms with van der Waals surface area (Å²) in [5, 5.41) is 11.9. The first kappa shape index (κ1) is 12.1. The lowest BCUT2D eigenvalue weighted by atomic mass is 10.2. The van der Waals surface area contributed by atoms with Crippen molar-refractivity contribution >= 4 is 5.91 Å². The Morgan fingerprint density at radius 1 is 1.56 bits per heavy atom. The summed E-state index contributed by atoms with van der Waals surface area (Å²) >= 11 is 0. The zero-order valence-corrected chi connectivity index (χ0v) is 8.88. The van der Waals surface area contributed by atoms with E-state index in [9.17, 15) is 14.3 Å². The van der Waals surface area contributed by atoms with Gasteiger partial charge in [-0.2, -0.15) is 0 Å². The van der Waals surface area contributed by atoms with Gasteiger partial charge in [0.25, 0.3) is 0 Å². The van der Waals surface area contributed by atoms with Crippen LogP contribution in [0, 0.1) is 17.7 Å². The maximum absolute atomic E-state index is 12.6. The predicted octanol–water partition coefficient (Wildman–Crippen LogP) is 1.41. The van der Waals surface area contributed by atoms with Crippen LogP contribution in [0.1, 0.15) is 18.9 Å². The summed E-state index contributed by atoms with van der Waals surface area (Å²) < 4.78 is 12.6. The molecule has 2 N–H and O–H groups in total. The van der Waals surface area contributed by atoms with Gasteiger partial charge < -0.3 is 10.4 Å². The van der Waals surface area contributed by atoms with E-state index in [1.54, 1.807) is 0 Å². The van der Waals surface area contributed by atoms with Crippen LogP contribution < -0.4 is 5.32 Å². The second kappa shape index (κ2) is 5.76. The van der Waals surface area contributed by atoms with Crippen LogP contribution in [-0.4, -0.2) is 17.6 Å². The Bertz CT molecular complexity index is 446. The summed E-state index contributed by atoms with van der Waals surface area (Å²) in [5.41, 5.74) is 0.379. The van der Waals surface area contributed by atoms with Gasteiger partial charge in [-0.25, -0.2) is 4.39 Å². The Balaban J connectivity index is 2.53. The van der Waals surface area contributed by atoms with Crippen molar-refractivity contribution in [1.82, 2.24) is 5.32 Å². The van der Waals surface area contributed by atoms with Crippen molar-refractivity contribution in [3.63, 3.8) is 0 Å². The standard InChI is InChI=1S/C12H12FNO2/c1-9(15)14-7-3-2-4-10-5-6-11(13)8-12(10)16/h5-6,8,16H,3,7H2,1H3,(H,14,15). The number of phenols is 1. The Kier molecular flexibility index (Phi) is 4.34. The number of amides is 1. The molecular formula is C12H12FNO2. The van der Waals surface area contributed by atoms with Gasteiger partial charge in [-0.05, 0) is 12.1 Å². The molecule has 0 spiro atoms. The molecule has 0 unspecified atom stereocenters. The number of nitrogens with one attached hydrogen (secondary N) is 1. The zero-order chi connectivity index (χ0) is 12.0. The molecular weight excluding hydrogens is 209 g/mol. The number of aromatic hydroxyl groups is 1. The highest BCUT2D eigenvalue weighted by atomic mass is 19.1. The number of benzene rings is 1. The Morgan fingerprint density at radius 3 is 2.94 bits per heavy atom. The molecule has 0 aliphatic rings. The monoisotopic (exact) mass is 221 g/mol. The molecule has 0 fully saturated rings. The average Bonchev–Trinajstić information content (AvgIpc) is 2.20. The van der Waals surface area contributed by atoms with Crippen LogP contribution >= 0.6 is 0 Å². The van der Waals surface area contributed by atoms with E-state index in [4.69, 9.17) is 0 Å². The topological polar surface area (TPSA) is 49.3 Å². The number of hydrogen-bond donors (Lipinski definition) is 2. The summed E-state index contributed by atoms with van der Waals surface area (Å²) in [6.07, 6.45) is 0.483. The molecule has 1 aromatic carbocycles. The fraction of sp³-hybridized carbons (Fsp3) is 0.250. The molecule has 4 heteroatoms. The van der Waals surface area contributed by atoms with Crippen molar-refractivity contribution < 1.29 is 14.3 Å². The first-order chi connectivity index (χ1) is 7.59. The lowest BCUT2D eigenvalue weighted by Gasteiger charge is -1.96. The maximum Gasteiger partial charge on any atom is 0.216 e. The number of phenolic OH excluding ortho intramolecular Hbond substituents is 1. The second-order valence-electron chi connectivity index (χ2n) is 3.20. The fourth-order valence-electron chi connectivity index (χ4n) is 1.07. The van der Waals surface area contributed by atoms with Crippen LogP contribution in [0.3, 0.4) is 0 Å². The smallest absolute Gasteiger partial charge is 0.216 e. The predicted molar refractivity (Wildman–Crippen MR) is 58.2 cm³/mol. The molecule has 0 radical (unpaired) electrons. The molecule has 16 heavy (non-hydrogen) atoms. The molecule has 0 aromatic heterocycles. The van der Waals surface area contributed by atoms with Crippen LogP contribution in [0.2, 0.25) is 0 Å². The van der Waals surface area contributed by atoms with Crippen LogP contribution in [-0.2, 0) is 4.79 Å². The third kappa shape index (κ3) is 4.01. The first-order valence-corrected chi connectivity index (χ1v) is 4.81. The number of rotatable bonds is 2. The average molecular weight is 221 g/mol. The second-order valence-corrected chi connectivity index (χ2v) is 3.20. The molecule has 0 saturated carbocycles. The van der Waals surface area contributed by atoms with Gasteiger partial charge in [0.1, 0.15) is 11.6 Å². The van der Waals surface area contributed by atoms with E-state index in [2.05, 4.69) is 17.2 Å². The van der Waals surface area contributed by atoms with Crippen molar-refractivity contribution in [1.29, 1.82) is 0 Å². The van der Waals surface area contributed by atoms with Gasteiger partial charge in [-0.3, -0.25) is 4.79 Å². The van der Waals surface area contributed by atoms with Crippen molar-refractivity contribution in [3.8, 4) is 17.6 Å². The van der Waals surface area contributed by atoms with Crippen molar-refractivity contribution in [2.75, 3.05) is 6.54 Å². The third-order valence-electron chi connectivity index (χ3n) is 1.81. The molecule has 0 bridgehead atoms. The highest BCUT2D eigenvalue weighted by Gasteiger charge is 1.98. The number of hydrogen-bond acceptors (Lipinski definition) is 2. The van der Waals surface area contributed by atoms with Crippen molar-refractivity contribution in [3.05, 3.63) is 29.6 Å². The van der Waals surface area contributed by atoms with Gasteiger partial charge >= 0.3 is 0 Å². The van der Waals surface area contributed by atoms with Crippen LogP contribution in [0.25, 0.3) is 0 Å². The van der Waals surface area contributed by atoms with E-state index < -0.39 is 5.82 Å². The minimum absolute atomic E-state index is 0.105. The number of carbonyl (C=O) groups excluding carboxylic acids is 1. The number of carbonyl (C=O) groups is 1. The maximum atomic E-state index is 12.6. The molecule has 3 nitrogen and oxygen atoms in total. The van der Waals surface area contributed by atoms with Crippen molar-refractivity contribution in [2.24, 2.45) is 0 Å². The van der Waals surface area contributed by atoms with Crippen LogP contribution in [0.5, 0.6) is 5.75 Å². The molecule has 0 aliphatic carbocycles.